The van der Waals surface area contributed by atoms with E-state index in [0.717, 1.165) is 22.2 Å². The molecular formula is C29H32BrNO4. The third-order valence-corrected chi connectivity index (χ3v) is 6.03. The summed E-state index contributed by atoms with van der Waals surface area (Å²) in [6.07, 6.45) is 0.397. The van der Waals surface area contributed by atoms with Crippen molar-refractivity contribution in [2.45, 2.75) is 38.6 Å². The van der Waals surface area contributed by atoms with E-state index in [2.05, 4.69) is 42.0 Å². The fourth-order valence-electron chi connectivity index (χ4n) is 3.72. The van der Waals surface area contributed by atoms with Gasteiger partial charge in [-0.25, -0.2) is 4.79 Å². The molecule has 5 nitrogen and oxygen atoms in total. The number of alkyl halides is 1. The lowest BCUT2D eigenvalue weighted by atomic mass is 9.86. The minimum absolute atomic E-state index is 0.00695. The minimum atomic E-state index is -0.661. The Balaban J connectivity index is 1.82. The van der Waals surface area contributed by atoms with Gasteiger partial charge in [-0.15, -0.1) is 0 Å². The zero-order valence-electron chi connectivity index (χ0n) is 20.6. The summed E-state index contributed by atoms with van der Waals surface area (Å²) >= 11 is 3.34. The first-order valence-corrected chi connectivity index (χ1v) is 12.7. The Morgan fingerprint density at radius 1 is 0.943 bits per heavy atom. The molecule has 3 rings (SSSR count). The number of ketones is 1. The summed E-state index contributed by atoms with van der Waals surface area (Å²) in [7, 11) is 1.36. The number of esters is 1. The molecule has 0 aliphatic rings. The van der Waals surface area contributed by atoms with E-state index in [1.54, 1.807) is 6.07 Å². The van der Waals surface area contributed by atoms with Gasteiger partial charge in [0.1, 0.15) is 11.8 Å². The fourth-order valence-corrected chi connectivity index (χ4v) is 3.88. The highest BCUT2D eigenvalue weighted by Crippen LogP contribution is 2.25. The number of methoxy groups -OCH3 is 1. The lowest BCUT2D eigenvalue weighted by molar-refractivity contribution is -0.141. The second kappa shape index (κ2) is 12.0. The first kappa shape index (κ1) is 26.5. The van der Waals surface area contributed by atoms with Gasteiger partial charge in [-0.3, -0.25) is 4.79 Å². The lowest BCUT2D eigenvalue weighted by Gasteiger charge is -2.21. The number of carbonyl (C=O) groups is 2. The number of carbonyl (C=O) groups excluding carboxylic acids is 2. The summed E-state index contributed by atoms with van der Waals surface area (Å²) in [4.78, 5) is 26.0. The van der Waals surface area contributed by atoms with Crippen molar-refractivity contribution in [2.24, 2.45) is 0 Å². The van der Waals surface area contributed by atoms with Crippen LogP contribution in [0.25, 0.3) is 0 Å². The van der Waals surface area contributed by atoms with Gasteiger partial charge in [0.25, 0.3) is 0 Å². The van der Waals surface area contributed by atoms with E-state index < -0.39 is 12.0 Å². The Bertz CT molecular complexity index is 1130. The first-order valence-electron chi connectivity index (χ1n) is 11.6. The maximum atomic E-state index is 13.4. The predicted molar refractivity (Wildman–Crippen MR) is 144 cm³/mol. The molecule has 0 saturated heterocycles. The van der Waals surface area contributed by atoms with Crippen molar-refractivity contribution in [1.82, 2.24) is 0 Å². The number of rotatable bonds is 10. The van der Waals surface area contributed by atoms with Gasteiger partial charge in [0.15, 0.2) is 5.78 Å². The number of halogens is 1. The van der Waals surface area contributed by atoms with Gasteiger partial charge >= 0.3 is 5.97 Å². The van der Waals surface area contributed by atoms with E-state index in [-0.39, 0.29) is 11.2 Å². The number of hydrogen-bond acceptors (Lipinski definition) is 5. The van der Waals surface area contributed by atoms with Crippen LogP contribution in [0, 0.1) is 0 Å². The van der Waals surface area contributed by atoms with Crippen LogP contribution < -0.4 is 10.1 Å². The number of nitrogens with one attached hydrogen (secondary N) is 1. The summed E-state index contributed by atoms with van der Waals surface area (Å²) in [5, 5.41) is 4.00. The highest BCUT2D eigenvalue weighted by molar-refractivity contribution is 9.09. The quantitative estimate of drug-likeness (QED) is 0.190. The molecule has 0 bridgehead atoms. The van der Waals surface area contributed by atoms with Crippen LogP contribution >= 0.6 is 15.9 Å². The maximum absolute atomic E-state index is 13.4. The van der Waals surface area contributed by atoms with E-state index >= 15 is 0 Å². The molecule has 0 aliphatic heterocycles. The molecule has 0 heterocycles. The molecule has 3 aromatic rings. The molecule has 0 aromatic heterocycles. The van der Waals surface area contributed by atoms with Crippen LogP contribution in [-0.4, -0.2) is 36.8 Å². The Morgan fingerprint density at radius 3 is 2.20 bits per heavy atom. The molecule has 1 unspecified atom stereocenters. The van der Waals surface area contributed by atoms with Gasteiger partial charge in [-0.2, -0.15) is 0 Å². The third-order valence-electron chi connectivity index (χ3n) is 5.71. The van der Waals surface area contributed by atoms with Gasteiger partial charge < -0.3 is 14.8 Å². The summed E-state index contributed by atoms with van der Waals surface area (Å²) in [6.45, 7) is 7.00. The molecule has 0 amide bonds. The normalized spacial score (nSPS) is 12.0. The number of ether oxygens (including phenoxy) is 2. The first-order chi connectivity index (χ1) is 16.7. The van der Waals surface area contributed by atoms with E-state index in [0.29, 0.717) is 29.8 Å². The zero-order chi connectivity index (χ0) is 25.4. The smallest absolute Gasteiger partial charge is 0.328 e. The number of anilines is 1. The highest BCUT2D eigenvalue weighted by atomic mass is 79.9. The average Bonchev–Trinajstić information content (AvgIpc) is 2.87. The van der Waals surface area contributed by atoms with Crippen LogP contribution in [0.1, 0.15) is 47.8 Å². The minimum Gasteiger partial charge on any atom is -0.493 e. The molecule has 35 heavy (non-hydrogen) atoms. The molecule has 0 fully saturated rings. The summed E-state index contributed by atoms with van der Waals surface area (Å²) in [6, 6.07) is 21.9. The molecule has 0 spiro atoms. The predicted octanol–water partition coefficient (Wildman–Crippen LogP) is 6.19. The van der Waals surface area contributed by atoms with Crippen LogP contribution in [0.15, 0.2) is 72.8 Å². The third kappa shape index (κ3) is 7.18. The highest BCUT2D eigenvalue weighted by Gasteiger charge is 2.23. The van der Waals surface area contributed by atoms with Crippen LogP contribution in [-0.2, 0) is 21.4 Å². The van der Waals surface area contributed by atoms with Crippen molar-refractivity contribution in [3.05, 3.63) is 95.1 Å². The lowest BCUT2D eigenvalue weighted by Crippen LogP contribution is -2.33. The van der Waals surface area contributed by atoms with Crippen molar-refractivity contribution < 1.29 is 19.1 Å². The van der Waals surface area contributed by atoms with Gasteiger partial charge in [-0.1, -0.05) is 85.2 Å². The second-order valence-electron chi connectivity index (χ2n) is 9.31. The van der Waals surface area contributed by atoms with E-state index in [1.165, 1.54) is 7.11 Å². The SMILES string of the molecule is COC(=O)C(Cc1ccc(OCCBr)cc1)Nc1ccccc1C(=O)c1ccc(C(C)(C)C)cc1. The molecule has 0 saturated carbocycles. The Kier molecular flexibility index (Phi) is 9.10. The van der Waals surface area contributed by atoms with E-state index in [1.807, 2.05) is 66.7 Å². The van der Waals surface area contributed by atoms with E-state index in [9.17, 15) is 9.59 Å². The topological polar surface area (TPSA) is 64.6 Å². The molecule has 6 heteroatoms. The van der Waals surface area contributed by atoms with Crippen molar-refractivity contribution >= 4 is 33.4 Å². The largest absolute Gasteiger partial charge is 0.493 e. The summed E-state index contributed by atoms with van der Waals surface area (Å²) < 4.78 is 10.6. The van der Waals surface area contributed by atoms with Gasteiger partial charge in [0.2, 0.25) is 0 Å². The fraction of sp³-hybridized carbons (Fsp3) is 0.310. The molecule has 184 valence electrons. The Morgan fingerprint density at radius 2 is 1.60 bits per heavy atom. The molecule has 0 aliphatic carbocycles. The monoisotopic (exact) mass is 537 g/mol. The Hall–Kier alpha value is -3.12. The average molecular weight is 538 g/mol. The molecule has 1 atom stereocenters. The molecule has 0 radical (unpaired) electrons. The van der Waals surface area contributed by atoms with Crippen LogP contribution in [0.2, 0.25) is 0 Å². The zero-order valence-corrected chi connectivity index (χ0v) is 22.2. The molecule has 1 N–H and O–H groups in total. The van der Waals surface area contributed by atoms with Crippen molar-refractivity contribution in [3.8, 4) is 5.75 Å². The number of benzene rings is 3. The number of para-hydroxylation sites is 1. The second-order valence-corrected chi connectivity index (χ2v) is 10.1. The maximum Gasteiger partial charge on any atom is 0.328 e. The standard InChI is InChI=1S/C29H32BrNO4/c1-29(2,3)22-13-11-21(12-14-22)27(32)24-7-5-6-8-25(24)31-26(28(33)34-4)19-20-9-15-23(16-10-20)35-18-17-30/h5-16,26,31H,17-19H2,1-4H3. The van der Waals surface area contributed by atoms with E-state index in [4.69, 9.17) is 9.47 Å². The van der Waals surface area contributed by atoms with Crippen LogP contribution in [0.5, 0.6) is 5.75 Å². The van der Waals surface area contributed by atoms with Gasteiger partial charge in [0.05, 0.1) is 13.7 Å². The number of hydrogen-bond donors (Lipinski definition) is 1. The van der Waals surface area contributed by atoms with Crippen LogP contribution in [0.3, 0.4) is 0 Å². The van der Waals surface area contributed by atoms with Gasteiger partial charge in [0, 0.05) is 28.6 Å². The summed E-state index contributed by atoms with van der Waals surface area (Å²) in [5.41, 5.74) is 3.80. The van der Waals surface area contributed by atoms with Crippen molar-refractivity contribution in [3.63, 3.8) is 0 Å². The molecule has 3 aromatic carbocycles. The van der Waals surface area contributed by atoms with Gasteiger partial charge in [-0.05, 0) is 40.8 Å². The summed E-state index contributed by atoms with van der Waals surface area (Å²) in [5.74, 6) is 0.260. The molecular weight excluding hydrogens is 506 g/mol. The Labute approximate surface area is 216 Å². The van der Waals surface area contributed by atoms with Crippen molar-refractivity contribution in [2.75, 3.05) is 24.4 Å². The van der Waals surface area contributed by atoms with Crippen LogP contribution in [0.4, 0.5) is 5.69 Å². The van der Waals surface area contributed by atoms with Crippen molar-refractivity contribution in [1.29, 1.82) is 0 Å².